The predicted molar refractivity (Wildman–Crippen MR) is 56.4 cm³/mol. The molecule has 0 atom stereocenters. The Morgan fingerprint density at radius 1 is 1.31 bits per heavy atom. The van der Waals surface area contributed by atoms with E-state index in [1.165, 1.54) is 0 Å². The minimum Gasteiger partial charge on any atom is -0.399 e. The first-order valence-corrected chi connectivity index (χ1v) is 4.29. The minimum atomic E-state index is 0.0723. The molecule has 0 amide bonds. The van der Waals surface area contributed by atoms with Gasteiger partial charge >= 0.3 is 0 Å². The van der Waals surface area contributed by atoms with Crippen molar-refractivity contribution in [2.24, 2.45) is 0 Å². The fourth-order valence-electron chi connectivity index (χ4n) is 1.22. The van der Waals surface area contributed by atoms with Crippen LogP contribution in [0.5, 0.6) is 0 Å². The summed E-state index contributed by atoms with van der Waals surface area (Å²) in [4.78, 5) is 0. The number of nitrogen functional groups attached to an aromatic ring is 1. The Labute approximate surface area is 78.7 Å². The molecule has 1 rings (SSSR count). The van der Waals surface area contributed by atoms with Crippen molar-refractivity contribution in [3.05, 3.63) is 34.9 Å². The Morgan fingerprint density at radius 3 is 2.62 bits per heavy atom. The number of nitrogens with two attached hydrogens (primary N) is 1. The van der Waals surface area contributed by atoms with Gasteiger partial charge in [-0.15, -0.1) is 0 Å². The molecule has 0 aliphatic rings. The van der Waals surface area contributed by atoms with Crippen LogP contribution in [0.3, 0.4) is 0 Å². The van der Waals surface area contributed by atoms with Crippen LogP contribution in [0.4, 0.5) is 5.69 Å². The van der Waals surface area contributed by atoms with Gasteiger partial charge in [0, 0.05) is 5.69 Å². The molecule has 0 unspecified atom stereocenters. The van der Waals surface area contributed by atoms with Crippen LogP contribution < -0.4 is 5.73 Å². The van der Waals surface area contributed by atoms with Crippen molar-refractivity contribution in [1.29, 1.82) is 0 Å². The summed E-state index contributed by atoms with van der Waals surface area (Å²) in [6.45, 7) is 4.06. The second-order valence-corrected chi connectivity index (χ2v) is 3.15. The van der Waals surface area contributed by atoms with Crippen molar-refractivity contribution < 1.29 is 5.11 Å². The molecule has 70 valence electrons. The number of aliphatic hydroxyl groups excluding tert-OH is 1. The Bertz CT molecular complexity index is 329. The van der Waals surface area contributed by atoms with Gasteiger partial charge in [0.1, 0.15) is 0 Å². The monoisotopic (exact) mass is 177 g/mol. The number of anilines is 1. The summed E-state index contributed by atoms with van der Waals surface area (Å²) in [5, 5.41) is 8.63. The van der Waals surface area contributed by atoms with Crippen LogP contribution in [0.15, 0.2) is 18.2 Å². The molecule has 0 spiro atoms. The second kappa shape index (κ2) is 4.10. The summed E-state index contributed by atoms with van der Waals surface area (Å²) in [6.07, 6.45) is 3.62. The van der Waals surface area contributed by atoms with Crippen LogP contribution in [0.1, 0.15) is 16.7 Å². The fourth-order valence-corrected chi connectivity index (χ4v) is 1.22. The molecular weight excluding hydrogens is 162 g/mol. The Hall–Kier alpha value is -1.28. The van der Waals surface area contributed by atoms with Crippen molar-refractivity contribution in [2.45, 2.75) is 13.8 Å². The van der Waals surface area contributed by atoms with Gasteiger partial charge in [0.05, 0.1) is 6.61 Å². The third-order valence-corrected chi connectivity index (χ3v) is 2.06. The van der Waals surface area contributed by atoms with Crippen molar-refractivity contribution >= 4 is 11.8 Å². The largest absolute Gasteiger partial charge is 0.399 e. The molecule has 0 aliphatic carbocycles. The van der Waals surface area contributed by atoms with Crippen molar-refractivity contribution in [2.75, 3.05) is 12.3 Å². The average Bonchev–Trinajstić information content (AvgIpc) is 2.09. The van der Waals surface area contributed by atoms with E-state index in [1.54, 1.807) is 6.08 Å². The molecule has 2 nitrogen and oxygen atoms in total. The van der Waals surface area contributed by atoms with Crippen LogP contribution in [-0.4, -0.2) is 11.7 Å². The maximum absolute atomic E-state index is 8.63. The van der Waals surface area contributed by atoms with E-state index < -0.39 is 0 Å². The van der Waals surface area contributed by atoms with Gasteiger partial charge in [-0.3, -0.25) is 0 Å². The SMILES string of the molecule is Cc1cc(C=CCO)c(C)cc1N. The lowest BCUT2D eigenvalue weighted by Crippen LogP contribution is -1.92. The van der Waals surface area contributed by atoms with Crippen molar-refractivity contribution in [3.63, 3.8) is 0 Å². The minimum absolute atomic E-state index is 0.0723. The number of aliphatic hydroxyl groups is 1. The van der Waals surface area contributed by atoms with Gasteiger partial charge in [0.15, 0.2) is 0 Å². The van der Waals surface area contributed by atoms with Crippen LogP contribution in [-0.2, 0) is 0 Å². The topological polar surface area (TPSA) is 46.2 Å². The summed E-state index contributed by atoms with van der Waals surface area (Å²) in [5.74, 6) is 0. The van der Waals surface area contributed by atoms with Crippen molar-refractivity contribution in [1.82, 2.24) is 0 Å². The summed E-state index contributed by atoms with van der Waals surface area (Å²) in [6, 6.07) is 3.98. The van der Waals surface area contributed by atoms with Crippen molar-refractivity contribution in [3.8, 4) is 0 Å². The molecule has 0 saturated carbocycles. The standard InChI is InChI=1S/C11H15NO/c1-8-7-11(12)9(2)6-10(8)4-3-5-13/h3-4,6-7,13H,5,12H2,1-2H3. The second-order valence-electron chi connectivity index (χ2n) is 3.15. The molecular formula is C11H15NO. The van der Waals surface area contributed by atoms with E-state index in [0.29, 0.717) is 0 Å². The first-order chi connectivity index (χ1) is 6.15. The number of benzene rings is 1. The zero-order valence-electron chi connectivity index (χ0n) is 8.04. The predicted octanol–water partition coefficient (Wildman–Crippen LogP) is 1.89. The van der Waals surface area contributed by atoms with Gasteiger partial charge in [-0.1, -0.05) is 12.2 Å². The fraction of sp³-hybridized carbons (Fsp3) is 0.273. The van der Waals surface area contributed by atoms with Crippen LogP contribution >= 0.6 is 0 Å². The first kappa shape index (κ1) is 9.81. The quantitative estimate of drug-likeness (QED) is 0.678. The summed E-state index contributed by atoms with van der Waals surface area (Å²) in [7, 11) is 0. The molecule has 0 fully saturated rings. The normalized spacial score (nSPS) is 11.0. The molecule has 0 aromatic heterocycles. The lowest BCUT2D eigenvalue weighted by Gasteiger charge is -2.05. The van der Waals surface area contributed by atoms with E-state index in [0.717, 1.165) is 22.4 Å². The van der Waals surface area contributed by atoms with E-state index in [-0.39, 0.29) is 6.61 Å². The van der Waals surface area contributed by atoms with E-state index >= 15 is 0 Å². The molecule has 13 heavy (non-hydrogen) atoms. The molecule has 3 N–H and O–H groups in total. The lowest BCUT2D eigenvalue weighted by atomic mass is 10.0. The third kappa shape index (κ3) is 2.33. The molecule has 0 saturated heterocycles. The number of rotatable bonds is 2. The zero-order chi connectivity index (χ0) is 9.84. The number of hydrogen-bond donors (Lipinski definition) is 2. The number of hydrogen-bond acceptors (Lipinski definition) is 2. The van der Waals surface area contributed by atoms with Crippen LogP contribution in [0.2, 0.25) is 0 Å². The highest BCUT2D eigenvalue weighted by molar-refractivity contribution is 5.61. The Morgan fingerprint density at radius 2 is 2.00 bits per heavy atom. The molecule has 0 radical (unpaired) electrons. The van der Waals surface area contributed by atoms with E-state index in [2.05, 4.69) is 0 Å². The van der Waals surface area contributed by atoms with Gasteiger partial charge in [0.25, 0.3) is 0 Å². The molecule has 0 aliphatic heterocycles. The van der Waals surface area contributed by atoms with Gasteiger partial charge < -0.3 is 10.8 Å². The molecule has 1 aromatic carbocycles. The van der Waals surface area contributed by atoms with Crippen LogP contribution in [0, 0.1) is 13.8 Å². The molecule has 1 aromatic rings. The van der Waals surface area contributed by atoms with Crippen LogP contribution in [0.25, 0.3) is 6.08 Å². The van der Waals surface area contributed by atoms with Gasteiger partial charge in [0.2, 0.25) is 0 Å². The van der Waals surface area contributed by atoms with E-state index in [1.807, 2.05) is 32.1 Å². The van der Waals surface area contributed by atoms with E-state index in [4.69, 9.17) is 10.8 Å². The average molecular weight is 177 g/mol. The highest BCUT2D eigenvalue weighted by atomic mass is 16.2. The zero-order valence-corrected chi connectivity index (χ0v) is 8.04. The Kier molecular flexibility index (Phi) is 3.09. The highest BCUT2D eigenvalue weighted by Gasteiger charge is 1.98. The Balaban J connectivity index is 3.08. The molecule has 2 heteroatoms. The maximum atomic E-state index is 8.63. The maximum Gasteiger partial charge on any atom is 0.0615 e. The highest BCUT2D eigenvalue weighted by Crippen LogP contribution is 2.18. The van der Waals surface area contributed by atoms with Gasteiger partial charge in [-0.05, 0) is 42.7 Å². The molecule has 0 heterocycles. The summed E-state index contributed by atoms with van der Waals surface area (Å²) >= 11 is 0. The number of aryl methyl sites for hydroxylation is 2. The first-order valence-electron chi connectivity index (χ1n) is 4.29. The lowest BCUT2D eigenvalue weighted by molar-refractivity contribution is 0.343. The molecule has 0 bridgehead atoms. The van der Waals surface area contributed by atoms with Gasteiger partial charge in [-0.25, -0.2) is 0 Å². The smallest absolute Gasteiger partial charge is 0.0615 e. The summed E-state index contributed by atoms with van der Waals surface area (Å²) < 4.78 is 0. The van der Waals surface area contributed by atoms with Gasteiger partial charge in [-0.2, -0.15) is 0 Å². The third-order valence-electron chi connectivity index (χ3n) is 2.06. The van der Waals surface area contributed by atoms with E-state index in [9.17, 15) is 0 Å². The summed E-state index contributed by atoms with van der Waals surface area (Å²) in [5.41, 5.74) is 9.88.